The molecule has 5 heteroatoms. The fourth-order valence-corrected chi connectivity index (χ4v) is 1.65. The van der Waals surface area contributed by atoms with Gasteiger partial charge in [-0.1, -0.05) is 25.1 Å². The number of aliphatic hydroxyl groups excluding tert-OH is 1. The summed E-state index contributed by atoms with van der Waals surface area (Å²) in [5.41, 5.74) is 1.39. The average molecular weight is 245 g/mol. The minimum atomic E-state index is -0.318. The number of hydrogen-bond donors (Lipinski definition) is 3. The number of rotatable bonds is 4. The number of aromatic amines is 1. The number of aryl methyl sites for hydroxylation is 1. The molecule has 0 atom stereocenters. The molecule has 1 aromatic heterocycles. The highest BCUT2D eigenvalue weighted by Crippen LogP contribution is 2.11. The van der Waals surface area contributed by atoms with Crippen LogP contribution in [0.3, 0.4) is 0 Å². The van der Waals surface area contributed by atoms with Crippen LogP contribution >= 0.6 is 0 Å². The monoisotopic (exact) mass is 245 g/mol. The first kappa shape index (κ1) is 12.3. The van der Waals surface area contributed by atoms with Crippen LogP contribution < -0.4 is 5.32 Å². The number of imidazole rings is 1. The van der Waals surface area contributed by atoms with Crippen molar-refractivity contribution in [3.05, 3.63) is 47.5 Å². The van der Waals surface area contributed by atoms with E-state index in [1.54, 1.807) is 12.1 Å². The molecule has 1 aromatic carbocycles. The molecule has 2 rings (SSSR count). The van der Waals surface area contributed by atoms with Crippen molar-refractivity contribution in [3.63, 3.8) is 0 Å². The SMILES string of the molecule is CCc1nc(C(=O)Nc2ccccc2)c(CO)[nH]1. The van der Waals surface area contributed by atoms with Crippen LogP contribution in [0.25, 0.3) is 0 Å². The summed E-state index contributed by atoms with van der Waals surface area (Å²) in [5, 5.41) is 11.9. The maximum absolute atomic E-state index is 12.0. The highest BCUT2D eigenvalue weighted by molar-refractivity contribution is 6.03. The van der Waals surface area contributed by atoms with Crippen molar-refractivity contribution in [2.24, 2.45) is 0 Å². The van der Waals surface area contributed by atoms with Gasteiger partial charge in [0.25, 0.3) is 5.91 Å². The van der Waals surface area contributed by atoms with Crippen LogP contribution in [0.15, 0.2) is 30.3 Å². The minimum Gasteiger partial charge on any atom is -0.390 e. The highest BCUT2D eigenvalue weighted by atomic mass is 16.3. The van der Waals surface area contributed by atoms with E-state index in [1.807, 2.05) is 25.1 Å². The largest absolute Gasteiger partial charge is 0.390 e. The molecular weight excluding hydrogens is 230 g/mol. The fraction of sp³-hybridized carbons (Fsp3) is 0.231. The molecular formula is C13H15N3O2. The Hall–Kier alpha value is -2.14. The second-order valence-electron chi connectivity index (χ2n) is 3.84. The minimum absolute atomic E-state index is 0.232. The summed E-state index contributed by atoms with van der Waals surface area (Å²) in [6, 6.07) is 9.14. The van der Waals surface area contributed by atoms with Gasteiger partial charge in [0.15, 0.2) is 5.69 Å². The Kier molecular flexibility index (Phi) is 3.74. The molecule has 0 spiro atoms. The van der Waals surface area contributed by atoms with Crippen molar-refractivity contribution in [1.82, 2.24) is 9.97 Å². The maximum Gasteiger partial charge on any atom is 0.276 e. The lowest BCUT2D eigenvalue weighted by molar-refractivity contribution is 0.101. The van der Waals surface area contributed by atoms with E-state index in [1.165, 1.54) is 0 Å². The standard InChI is InChI=1S/C13H15N3O2/c1-2-11-15-10(8-17)12(16-11)13(18)14-9-6-4-3-5-7-9/h3-7,17H,2,8H2,1H3,(H,14,18)(H,15,16). The molecule has 0 aliphatic rings. The molecule has 0 unspecified atom stereocenters. The van der Waals surface area contributed by atoms with Crippen LogP contribution in [-0.2, 0) is 13.0 Å². The zero-order valence-electron chi connectivity index (χ0n) is 10.1. The van der Waals surface area contributed by atoms with E-state index in [2.05, 4.69) is 15.3 Å². The van der Waals surface area contributed by atoms with Crippen LogP contribution in [0, 0.1) is 0 Å². The summed E-state index contributed by atoms with van der Waals surface area (Å²) in [4.78, 5) is 19.1. The Morgan fingerprint density at radius 3 is 2.72 bits per heavy atom. The summed E-state index contributed by atoms with van der Waals surface area (Å²) >= 11 is 0. The van der Waals surface area contributed by atoms with Crippen molar-refractivity contribution in [2.75, 3.05) is 5.32 Å². The summed E-state index contributed by atoms with van der Waals surface area (Å²) in [6.45, 7) is 1.70. The number of anilines is 1. The second-order valence-corrected chi connectivity index (χ2v) is 3.84. The average Bonchev–Trinajstić information content (AvgIpc) is 2.83. The van der Waals surface area contributed by atoms with Crippen molar-refractivity contribution < 1.29 is 9.90 Å². The molecule has 0 saturated carbocycles. The van der Waals surface area contributed by atoms with Gasteiger partial charge in [0.05, 0.1) is 12.3 Å². The van der Waals surface area contributed by atoms with E-state index < -0.39 is 0 Å². The third-order valence-electron chi connectivity index (χ3n) is 2.57. The zero-order valence-corrected chi connectivity index (χ0v) is 10.1. The predicted molar refractivity (Wildman–Crippen MR) is 68.3 cm³/mol. The maximum atomic E-state index is 12.0. The van der Waals surface area contributed by atoms with Gasteiger partial charge in [0.1, 0.15) is 5.82 Å². The summed E-state index contributed by atoms with van der Waals surface area (Å²) in [7, 11) is 0. The molecule has 2 aromatic rings. The summed E-state index contributed by atoms with van der Waals surface area (Å²) in [5.74, 6) is 0.374. The quantitative estimate of drug-likeness (QED) is 0.767. The predicted octanol–water partition coefficient (Wildman–Crippen LogP) is 1.72. The number of aliphatic hydroxyl groups is 1. The number of H-pyrrole nitrogens is 1. The molecule has 1 heterocycles. The van der Waals surface area contributed by atoms with Crippen molar-refractivity contribution in [1.29, 1.82) is 0 Å². The number of nitrogens with one attached hydrogen (secondary N) is 2. The van der Waals surface area contributed by atoms with Gasteiger partial charge in [0.2, 0.25) is 0 Å². The third kappa shape index (κ3) is 2.57. The van der Waals surface area contributed by atoms with Gasteiger partial charge in [-0.15, -0.1) is 0 Å². The molecule has 1 amide bonds. The molecule has 3 N–H and O–H groups in total. The van der Waals surface area contributed by atoms with Gasteiger partial charge >= 0.3 is 0 Å². The third-order valence-corrected chi connectivity index (χ3v) is 2.57. The summed E-state index contributed by atoms with van der Waals surface area (Å²) in [6.07, 6.45) is 0.686. The highest BCUT2D eigenvalue weighted by Gasteiger charge is 2.16. The molecule has 0 aliphatic heterocycles. The van der Waals surface area contributed by atoms with E-state index in [9.17, 15) is 9.90 Å². The number of benzene rings is 1. The van der Waals surface area contributed by atoms with Gasteiger partial charge in [-0.05, 0) is 12.1 Å². The number of amides is 1. The molecule has 0 saturated heterocycles. The Balaban J connectivity index is 2.20. The van der Waals surface area contributed by atoms with Crippen LogP contribution in [-0.4, -0.2) is 21.0 Å². The zero-order chi connectivity index (χ0) is 13.0. The van der Waals surface area contributed by atoms with Crippen molar-refractivity contribution in [3.8, 4) is 0 Å². The molecule has 0 aliphatic carbocycles. The first-order valence-corrected chi connectivity index (χ1v) is 5.79. The summed E-state index contributed by atoms with van der Waals surface area (Å²) < 4.78 is 0. The van der Waals surface area contributed by atoms with Gasteiger partial charge in [-0.3, -0.25) is 4.79 Å². The Labute approximate surface area is 105 Å². The van der Waals surface area contributed by atoms with Gasteiger partial charge in [0, 0.05) is 12.1 Å². The van der Waals surface area contributed by atoms with E-state index in [-0.39, 0.29) is 18.2 Å². The normalized spacial score (nSPS) is 10.3. The lowest BCUT2D eigenvalue weighted by Crippen LogP contribution is -2.14. The van der Waals surface area contributed by atoms with Crippen molar-refractivity contribution >= 4 is 11.6 Å². The fourth-order valence-electron chi connectivity index (χ4n) is 1.65. The molecule has 5 nitrogen and oxygen atoms in total. The second kappa shape index (κ2) is 5.46. The Bertz CT molecular complexity index is 534. The number of aromatic nitrogens is 2. The molecule has 0 radical (unpaired) electrons. The molecule has 18 heavy (non-hydrogen) atoms. The van der Waals surface area contributed by atoms with Gasteiger partial charge in [-0.25, -0.2) is 4.98 Å². The molecule has 94 valence electrons. The first-order chi connectivity index (χ1) is 8.74. The van der Waals surface area contributed by atoms with Crippen LogP contribution in [0.2, 0.25) is 0 Å². The van der Waals surface area contributed by atoms with Crippen LogP contribution in [0.1, 0.15) is 28.9 Å². The van der Waals surface area contributed by atoms with Crippen LogP contribution in [0.4, 0.5) is 5.69 Å². The van der Waals surface area contributed by atoms with Crippen molar-refractivity contribution in [2.45, 2.75) is 20.0 Å². The number of carbonyl (C=O) groups excluding carboxylic acids is 1. The lowest BCUT2D eigenvalue weighted by Gasteiger charge is -2.03. The lowest BCUT2D eigenvalue weighted by atomic mass is 10.3. The van der Waals surface area contributed by atoms with Gasteiger partial charge < -0.3 is 15.4 Å². The molecule has 0 bridgehead atoms. The number of carbonyl (C=O) groups is 1. The number of hydrogen-bond acceptors (Lipinski definition) is 3. The number of nitrogens with zero attached hydrogens (tertiary/aromatic N) is 1. The van der Waals surface area contributed by atoms with E-state index in [0.717, 1.165) is 0 Å². The molecule has 0 fully saturated rings. The number of para-hydroxylation sites is 1. The smallest absolute Gasteiger partial charge is 0.276 e. The Morgan fingerprint density at radius 2 is 2.11 bits per heavy atom. The topological polar surface area (TPSA) is 78.0 Å². The van der Waals surface area contributed by atoms with Gasteiger partial charge in [-0.2, -0.15) is 0 Å². The van der Waals surface area contributed by atoms with E-state index >= 15 is 0 Å². The first-order valence-electron chi connectivity index (χ1n) is 5.79. The van der Waals surface area contributed by atoms with E-state index in [4.69, 9.17) is 0 Å². The Morgan fingerprint density at radius 1 is 1.39 bits per heavy atom. The van der Waals surface area contributed by atoms with Crippen LogP contribution in [0.5, 0.6) is 0 Å². The van der Waals surface area contributed by atoms with E-state index in [0.29, 0.717) is 23.6 Å².